The van der Waals surface area contributed by atoms with Crippen LogP contribution in [0.25, 0.3) is 0 Å². The maximum absolute atomic E-state index is 15.1. The minimum absolute atomic E-state index is 0.00345. The first-order chi connectivity index (χ1) is 18.1. The normalized spacial score (nSPS) is 18.3. The van der Waals surface area contributed by atoms with Gasteiger partial charge in [-0.15, -0.1) is 0 Å². The van der Waals surface area contributed by atoms with Gasteiger partial charge in [0.25, 0.3) is 0 Å². The second-order valence-electron chi connectivity index (χ2n) is 8.63. The highest BCUT2D eigenvalue weighted by Gasteiger charge is 2.33. The highest BCUT2D eigenvalue weighted by molar-refractivity contribution is 8.00. The molecule has 1 atom stereocenters. The monoisotopic (exact) mass is 566 g/mol. The van der Waals surface area contributed by atoms with E-state index >= 15 is 4.39 Å². The number of nitrogens with zero attached hydrogens (tertiary/aromatic N) is 4. The van der Waals surface area contributed by atoms with Crippen molar-refractivity contribution < 1.29 is 36.1 Å². The number of halogens is 4. The molecule has 2 heterocycles. The number of methoxy groups -OCH3 is 1. The molecule has 3 rings (SSSR count). The largest absolute Gasteiger partial charge is 0.479 e. The third-order valence-electron chi connectivity index (χ3n) is 5.56. The molecule has 0 saturated heterocycles. The molecule has 39 heavy (non-hydrogen) atoms. The van der Waals surface area contributed by atoms with Crippen molar-refractivity contribution in [3.8, 4) is 0 Å². The molecule has 1 unspecified atom stereocenters. The molecule has 1 aromatic heterocycles. The van der Waals surface area contributed by atoms with E-state index < -0.39 is 33.1 Å². The lowest BCUT2D eigenvalue weighted by atomic mass is 10.1. The molecule has 0 spiro atoms. The van der Waals surface area contributed by atoms with Gasteiger partial charge in [0, 0.05) is 23.9 Å². The van der Waals surface area contributed by atoms with Crippen molar-refractivity contribution in [2.75, 3.05) is 17.8 Å². The molecule has 0 radical (unpaired) electrons. The molecule has 0 saturated carbocycles. The van der Waals surface area contributed by atoms with Gasteiger partial charge in [-0.05, 0) is 53.0 Å². The van der Waals surface area contributed by atoms with Gasteiger partial charge in [0.15, 0.2) is 0 Å². The number of carbonyl (C=O) groups excluding carboxylic acids is 1. The van der Waals surface area contributed by atoms with Crippen molar-refractivity contribution in [2.24, 2.45) is 10.1 Å². The Morgan fingerprint density at radius 2 is 1.92 bits per heavy atom. The van der Waals surface area contributed by atoms with E-state index in [1.54, 1.807) is 6.92 Å². The van der Waals surface area contributed by atoms with E-state index in [0.29, 0.717) is 5.56 Å². The predicted octanol–water partition coefficient (Wildman–Crippen LogP) is 4.98. The Bertz CT molecular complexity index is 1480. The smallest absolute Gasteiger partial charge is 0.432 e. The van der Waals surface area contributed by atoms with Gasteiger partial charge in [0.1, 0.15) is 23.0 Å². The number of aliphatic imine (C=N–C) groups is 1. The highest BCUT2D eigenvalue weighted by Crippen LogP contribution is 2.34. The summed E-state index contributed by atoms with van der Waals surface area (Å²) in [6, 6.07) is 5.34. The summed E-state index contributed by atoms with van der Waals surface area (Å²) in [6.45, 7) is 9.46. The third-order valence-corrected chi connectivity index (χ3v) is 7.55. The molecule has 1 aliphatic rings. The molecule has 0 bridgehead atoms. The lowest BCUT2D eigenvalue weighted by Gasteiger charge is -2.24. The first-order valence-electron chi connectivity index (χ1n) is 11.3. The molecule has 0 fully saturated rings. The van der Waals surface area contributed by atoms with E-state index in [-0.39, 0.29) is 57.9 Å². The molecule has 208 valence electrons. The third kappa shape index (κ3) is 6.91. The Labute approximate surface area is 223 Å². The van der Waals surface area contributed by atoms with Crippen LogP contribution >= 0.6 is 0 Å². The van der Waals surface area contributed by atoms with Crippen molar-refractivity contribution in [1.82, 2.24) is 4.98 Å². The number of ether oxygens (including phenoxy) is 1. The van der Waals surface area contributed by atoms with Gasteiger partial charge >= 0.3 is 6.18 Å². The number of allylic oxidation sites excluding steroid dienone is 2. The molecular weight excluding hydrogens is 540 g/mol. The number of hydrogen-bond acceptors (Lipinski definition) is 7. The van der Waals surface area contributed by atoms with E-state index in [4.69, 9.17) is 9.57 Å². The van der Waals surface area contributed by atoms with Crippen LogP contribution in [-0.2, 0) is 30.4 Å². The fourth-order valence-electron chi connectivity index (χ4n) is 3.55. The Morgan fingerprint density at radius 3 is 2.49 bits per heavy atom. The quantitative estimate of drug-likeness (QED) is 0.118. The summed E-state index contributed by atoms with van der Waals surface area (Å²) in [4.78, 5) is 27.0. The second-order valence-corrected chi connectivity index (χ2v) is 11.1. The van der Waals surface area contributed by atoms with E-state index in [0.717, 1.165) is 13.2 Å². The first kappa shape index (κ1) is 29.6. The zero-order valence-electron chi connectivity index (χ0n) is 21.5. The van der Waals surface area contributed by atoms with Gasteiger partial charge in [-0.3, -0.25) is 14.0 Å². The van der Waals surface area contributed by atoms with Crippen molar-refractivity contribution >= 4 is 38.6 Å². The summed E-state index contributed by atoms with van der Waals surface area (Å²) in [5.74, 6) is 2.45. The Kier molecular flexibility index (Phi) is 8.64. The zero-order chi connectivity index (χ0) is 29.1. The topological polar surface area (TPSA) is 93.5 Å². The summed E-state index contributed by atoms with van der Waals surface area (Å²) < 4.78 is 71.8. The molecule has 13 heteroatoms. The van der Waals surface area contributed by atoms with Crippen LogP contribution in [0.2, 0.25) is 0 Å². The van der Waals surface area contributed by atoms with Crippen molar-refractivity contribution in [3.63, 3.8) is 0 Å². The van der Waals surface area contributed by atoms with Gasteiger partial charge in [0.05, 0.1) is 29.9 Å². The lowest BCUT2D eigenvalue weighted by molar-refractivity contribution is -0.118. The van der Waals surface area contributed by atoms with Gasteiger partial charge in [0.2, 0.25) is 11.8 Å². The lowest BCUT2D eigenvalue weighted by Crippen LogP contribution is -2.30. The van der Waals surface area contributed by atoms with Crippen molar-refractivity contribution in [3.05, 3.63) is 77.7 Å². The number of hydrogen-bond donors (Lipinski definition) is 0. The SMILES string of the molecule is C=C(C)O/N=C(\C)c1cc2c(cc1F)S(=C)(=O)CCC(=O)N2Cc1ccc(C(=NC(=C)C(F)(F)F)OC)nc1. The van der Waals surface area contributed by atoms with Crippen LogP contribution in [0, 0.1) is 5.82 Å². The van der Waals surface area contributed by atoms with Crippen LogP contribution in [0.4, 0.5) is 23.2 Å². The van der Waals surface area contributed by atoms with E-state index in [1.807, 2.05) is 0 Å². The summed E-state index contributed by atoms with van der Waals surface area (Å²) in [5.41, 5.74) is -0.522. The minimum atomic E-state index is -4.74. The van der Waals surface area contributed by atoms with Gasteiger partial charge in [-0.2, -0.15) is 13.2 Å². The average Bonchev–Trinajstić information content (AvgIpc) is 2.95. The highest BCUT2D eigenvalue weighted by atomic mass is 32.2. The number of carbonyl (C=O) groups is 1. The number of amides is 1. The molecular formula is C26H26F4N4O4S. The second kappa shape index (κ2) is 11.4. The van der Waals surface area contributed by atoms with Crippen LogP contribution < -0.4 is 4.90 Å². The first-order valence-corrected chi connectivity index (χ1v) is 13.2. The van der Waals surface area contributed by atoms with Crippen LogP contribution in [0.1, 0.15) is 37.1 Å². The maximum atomic E-state index is 15.1. The van der Waals surface area contributed by atoms with Gasteiger partial charge in [-0.25, -0.2) is 9.38 Å². The number of alkyl halides is 3. The number of benzene rings is 1. The summed E-state index contributed by atoms with van der Waals surface area (Å²) in [6.07, 6.45) is -3.52. The molecule has 8 nitrogen and oxygen atoms in total. The summed E-state index contributed by atoms with van der Waals surface area (Å²) in [7, 11) is -1.86. The molecule has 2 aromatic rings. The molecule has 0 aliphatic carbocycles. The number of rotatable bonds is 7. The number of anilines is 1. The van der Waals surface area contributed by atoms with Crippen LogP contribution in [0.15, 0.2) is 70.1 Å². The van der Waals surface area contributed by atoms with Crippen LogP contribution in [0.3, 0.4) is 0 Å². The fraction of sp³-hybridized carbons (Fsp3) is 0.269. The summed E-state index contributed by atoms with van der Waals surface area (Å²) in [5, 5.41) is 3.84. The molecule has 0 N–H and O–H groups in total. The average molecular weight is 567 g/mol. The number of pyridine rings is 1. The predicted molar refractivity (Wildman–Crippen MR) is 142 cm³/mol. The van der Waals surface area contributed by atoms with E-state index in [2.05, 4.69) is 34.2 Å². The Balaban J connectivity index is 2.03. The standard InChI is InChI=1S/C26H26F4N4O4S/c1-15(2)38-33-16(3)19-11-22-23(12-20(19)27)39(6,36)10-9-24(35)34(22)14-18-7-8-21(31-13-18)25(37-5)32-17(4)26(28,29)30/h7-8,11-13H,1,4,6,9-10,14H2,2-3,5H3/b32-25?,33-16+. The van der Waals surface area contributed by atoms with Crippen LogP contribution in [0.5, 0.6) is 0 Å². The van der Waals surface area contributed by atoms with Crippen molar-refractivity contribution in [1.29, 1.82) is 0 Å². The fourth-order valence-corrected chi connectivity index (χ4v) is 5.14. The number of oxime groups is 1. The number of aromatic nitrogens is 1. The molecule has 1 amide bonds. The zero-order valence-corrected chi connectivity index (χ0v) is 22.3. The van der Waals surface area contributed by atoms with Gasteiger partial charge < -0.3 is 14.5 Å². The van der Waals surface area contributed by atoms with E-state index in [1.165, 1.54) is 36.2 Å². The Morgan fingerprint density at radius 1 is 1.23 bits per heavy atom. The molecule has 1 aromatic carbocycles. The van der Waals surface area contributed by atoms with E-state index in [9.17, 15) is 22.2 Å². The molecule has 1 aliphatic heterocycles. The van der Waals surface area contributed by atoms with Crippen LogP contribution in [-0.4, -0.2) is 51.6 Å². The maximum Gasteiger partial charge on any atom is 0.432 e. The van der Waals surface area contributed by atoms with Gasteiger partial charge in [-0.1, -0.05) is 24.4 Å². The van der Waals surface area contributed by atoms with Crippen molar-refractivity contribution in [2.45, 2.75) is 37.9 Å². The Hall–Kier alpha value is -4.00. The summed E-state index contributed by atoms with van der Waals surface area (Å²) >= 11 is 0. The minimum Gasteiger partial charge on any atom is -0.479 e. The number of fused-ring (bicyclic) bond motifs is 1.